The van der Waals surface area contributed by atoms with Crippen LogP contribution in [0, 0.1) is 0 Å². The molecular weight excluding hydrogens is 244 g/mol. The van der Waals surface area contributed by atoms with E-state index in [0.717, 1.165) is 4.90 Å². The highest BCUT2D eigenvalue weighted by atomic mass is 19.3. The van der Waals surface area contributed by atoms with E-state index in [1.165, 1.54) is 6.08 Å². The molecule has 0 spiro atoms. The maximum atomic E-state index is 13.6. The second-order valence-electron chi connectivity index (χ2n) is 4.15. The van der Waals surface area contributed by atoms with E-state index in [1.54, 1.807) is 6.08 Å². The number of amides is 1. The van der Waals surface area contributed by atoms with Crippen molar-refractivity contribution < 1.29 is 23.4 Å². The molecule has 104 valence electrons. The molecule has 6 heteroatoms. The van der Waals surface area contributed by atoms with Crippen LogP contribution < -0.4 is 0 Å². The highest BCUT2D eigenvalue weighted by molar-refractivity contribution is 5.83. The van der Waals surface area contributed by atoms with E-state index in [4.69, 9.17) is 9.84 Å². The summed E-state index contributed by atoms with van der Waals surface area (Å²) in [5, 5.41) is 8.53. The maximum absolute atomic E-state index is 13.6. The zero-order chi connectivity index (χ0) is 13.4. The minimum atomic E-state index is -3.35. The van der Waals surface area contributed by atoms with Gasteiger partial charge in [0.05, 0.1) is 13.2 Å². The molecule has 0 unspecified atom stereocenters. The molecule has 0 saturated carbocycles. The van der Waals surface area contributed by atoms with Crippen molar-refractivity contribution in [1.29, 1.82) is 0 Å². The zero-order valence-corrected chi connectivity index (χ0v) is 10.3. The van der Waals surface area contributed by atoms with Crippen molar-refractivity contribution in [2.75, 3.05) is 32.9 Å². The Hall–Kier alpha value is -1.01. The van der Waals surface area contributed by atoms with Crippen molar-refractivity contribution in [3.8, 4) is 0 Å². The Balaban J connectivity index is 2.40. The summed E-state index contributed by atoms with van der Waals surface area (Å²) in [6, 6.07) is 0. The number of hydrogen-bond acceptors (Lipinski definition) is 3. The fraction of sp³-hybridized carbons (Fsp3) is 0.750. The first-order valence-electron chi connectivity index (χ1n) is 6.09. The number of morpholine rings is 1. The van der Waals surface area contributed by atoms with Gasteiger partial charge in [-0.05, 0) is 12.8 Å². The summed E-state index contributed by atoms with van der Waals surface area (Å²) in [5.74, 6) is -4.48. The van der Waals surface area contributed by atoms with Crippen LogP contribution in [0.4, 0.5) is 8.78 Å². The normalized spacial score (nSPS) is 17.4. The molecular formula is C12H19F2NO3. The minimum Gasteiger partial charge on any atom is -0.396 e. The number of allylic oxidation sites excluding steroid dienone is 2. The van der Waals surface area contributed by atoms with Crippen molar-refractivity contribution >= 4 is 5.91 Å². The third-order valence-corrected chi connectivity index (χ3v) is 2.68. The number of alkyl halides is 2. The van der Waals surface area contributed by atoms with Crippen LogP contribution in [-0.2, 0) is 9.53 Å². The zero-order valence-electron chi connectivity index (χ0n) is 10.3. The maximum Gasteiger partial charge on any atom is 0.328 e. The van der Waals surface area contributed by atoms with Crippen molar-refractivity contribution in [3.63, 3.8) is 0 Å². The molecule has 1 fully saturated rings. The molecule has 1 heterocycles. The molecule has 1 aliphatic heterocycles. The predicted molar refractivity (Wildman–Crippen MR) is 62.4 cm³/mol. The summed E-state index contributed by atoms with van der Waals surface area (Å²) in [6.45, 7) is 1.11. The van der Waals surface area contributed by atoms with E-state index < -0.39 is 18.3 Å². The molecule has 18 heavy (non-hydrogen) atoms. The summed E-state index contributed by atoms with van der Waals surface area (Å²) in [4.78, 5) is 12.7. The first kappa shape index (κ1) is 15.0. The highest BCUT2D eigenvalue weighted by Gasteiger charge is 2.41. The van der Waals surface area contributed by atoms with Crippen LogP contribution in [0.15, 0.2) is 12.2 Å². The molecule has 0 aromatic rings. The van der Waals surface area contributed by atoms with Gasteiger partial charge in [0, 0.05) is 26.1 Å². The number of hydrogen-bond donors (Lipinski definition) is 1. The molecule has 1 rings (SSSR count). The first-order chi connectivity index (χ1) is 8.58. The average molecular weight is 263 g/mol. The van der Waals surface area contributed by atoms with Gasteiger partial charge in [0.1, 0.15) is 0 Å². The SMILES string of the molecule is O=C(N1CCOCC1)C(F)(F)C/C=C/CCCO. The fourth-order valence-corrected chi connectivity index (χ4v) is 1.64. The molecule has 0 atom stereocenters. The van der Waals surface area contributed by atoms with Crippen LogP contribution in [0.25, 0.3) is 0 Å². The molecule has 0 aliphatic carbocycles. The summed E-state index contributed by atoms with van der Waals surface area (Å²) in [5.41, 5.74) is 0. The van der Waals surface area contributed by atoms with Crippen LogP contribution in [0.5, 0.6) is 0 Å². The van der Waals surface area contributed by atoms with Gasteiger partial charge in [0.15, 0.2) is 0 Å². The number of nitrogens with zero attached hydrogens (tertiary/aromatic N) is 1. The standard InChI is InChI=1S/C12H19F2NO3/c13-12(14,5-3-1-2-4-8-16)11(17)15-6-9-18-10-7-15/h1,3,16H,2,4-10H2/b3-1+. The summed E-state index contributed by atoms with van der Waals surface area (Å²) < 4.78 is 32.2. The number of carbonyl (C=O) groups excluding carboxylic acids is 1. The lowest BCUT2D eigenvalue weighted by Crippen LogP contribution is -2.48. The van der Waals surface area contributed by atoms with E-state index in [1.807, 2.05) is 0 Å². The number of aliphatic hydroxyl groups is 1. The third kappa shape index (κ3) is 4.70. The van der Waals surface area contributed by atoms with E-state index in [9.17, 15) is 13.6 Å². The Morgan fingerprint density at radius 2 is 2.00 bits per heavy atom. The number of rotatable bonds is 6. The van der Waals surface area contributed by atoms with Gasteiger partial charge in [-0.15, -0.1) is 0 Å². The van der Waals surface area contributed by atoms with Gasteiger partial charge in [-0.25, -0.2) is 0 Å². The predicted octanol–water partition coefficient (Wildman–Crippen LogP) is 1.20. The molecule has 0 radical (unpaired) electrons. The van der Waals surface area contributed by atoms with Gasteiger partial charge in [0.2, 0.25) is 0 Å². The Kier molecular flexibility index (Phi) is 6.21. The minimum absolute atomic E-state index is 0.0352. The van der Waals surface area contributed by atoms with E-state index in [0.29, 0.717) is 26.1 Å². The van der Waals surface area contributed by atoms with Gasteiger partial charge in [-0.3, -0.25) is 4.79 Å². The Morgan fingerprint density at radius 3 is 2.61 bits per heavy atom. The van der Waals surface area contributed by atoms with Gasteiger partial charge >= 0.3 is 5.92 Å². The molecule has 0 aromatic heterocycles. The van der Waals surface area contributed by atoms with E-state index in [-0.39, 0.29) is 19.7 Å². The lowest BCUT2D eigenvalue weighted by molar-refractivity contribution is -0.160. The second-order valence-corrected chi connectivity index (χ2v) is 4.15. The molecule has 0 aromatic carbocycles. The van der Waals surface area contributed by atoms with Crippen LogP contribution in [0.2, 0.25) is 0 Å². The monoisotopic (exact) mass is 263 g/mol. The van der Waals surface area contributed by atoms with Crippen molar-refractivity contribution in [1.82, 2.24) is 4.90 Å². The second kappa shape index (κ2) is 7.43. The lowest BCUT2D eigenvalue weighted by atomic mass is 10.1. The smallest absolute Gasteiger partial charge is 0.328 e. The average Bonchev–Trinajstić information content (AvgIpc) is 2.38. The van der Waals surface area contributed by atoms with Gasteiger partial charge in [0.25, 0.3) is 5.91 Å². The molecule has 4 nitrogen and oxygen atoms in total. The summed E-state index contributed by atoms with van der Waals surface area (Å²) in [6.07, 6.45) is 3.36. The number of unbranched alkanes of at least 4 members (excludes halogenated alkanes) is 1. The van der Waals surface area contributed by atoms with Crippen molar-refractivity contribution in [2.24, 2.45) is 0 Å². The summed E-state index contributed by atoms with van der Waals surface area (Å²) >= 11 is 0. The van der Waals surface area contributed by atoms with Crippen molar-refractivity contribution in [2.45, 2.75) is 25.2 Å². The lowest BCUT2D eigenvalue weighted by Gasteiger charge is -2.29. The van der Waals surface area contributed by atoms with Gasteiger partial charge < -0.3 is 14.7 Å². The molecule has 1 N–H and O–H groups in total. The number of halogens is 2. The fourth-order valence-electron chi connectivity index (χ4n) is 1.64. The number of ether oxygens (including phenoxy) is 1. The quantitative estimate of drug-likeness (QED) is 0.578. The van der Waals surface area contributed by atoms with Gasteiger partial charge in [-0.2, -0.15) is 8.78 Å². The Bertz CT molecular complexity index is 289. The van der Waals surface area contributed by atoms with Crippen LogP contribution >= 0.6 is 0 Å². The van der Waals surface area contributed by atoms with Crippen LogP contribution in [-0.4, -0.2) is 54.7 Å². The highest BCUT2D eigenvalue weighted by Crippen LogP contribution is 2.23. The topological polar surface area (TPSA) is 49.8 Å². The summed E-state index contributed by atoms with van der Waals surface area (Å²) in [7, 11) is 0. The third-order valence-electron chi connectivity index (χ3n) is 2.68. The van der Waals surface area contributed by atoms with Crippen LogP contribution in [0.1, 0.15) is 19.3 Å². The Morgan fingerprint density at radius 1 is 1.33 bits per heavy atom. The number of aliphatic hydroxyl groups excluding tert-OH is 1. The largest absolute Gasteiger partial charge is 0.396 e. The van der Waals surface area contributed by atoms with Crippen molar-refractivity contribution in [3.05, 3.63) is 12.2 Å². The number of carbonyl (C=O) groups is 1. The van der Waals surface area contributed by atoms with E-state index >= 15 is 0 Å². The first-order valence-corrected chi connectivity index (χ1v) is 6.09. The van der Waals surface area contributed by atoms with Crippen LogP contribution in [0.3, 0.4) is 0 Å². The molecule has 1 aliphatic rings. The van der Waals surface area contributed by atoms with Gasteiger partial charge in [-0.1, -0.05) is 12.2 Å². The molecule has 0 bridgehead atoms. The Labute approximate surface area is 105 Å². The molecule has 1 amide bonds. The molecule has 1 saturated heterocycles. The van der Waals surface area contributed by atoms with E-state index in [2.05, 4.69) is 0 Å².